The Labute approximate surface area is 207 Å². The number of aliphatic hydroxyl groups is 1. The minimum absolute atomic E-state index is 0.169. The SMILES string of the molecule is OC[C@H]1CCCN1CCOc1n[nH]c2ncnc(Nc3ccc(OCc4ccccn4)c(Cl)c3)c12. The zero-order valence-corrected chi connectivity index (χ0v) is 19.8. The molecule has 0 unspecified atom stereocenters. The Morgan fingerprint density at radius 1 is 1.17 bits per heavy atom. The quantitative estimate of drug-likeness (QED) is 0.303. The maximum absolute atomic E-state index is 9.51. The molecule has 1 saturated heterocycles. The number of pyridine rings is 1. The van der Waals surface area contributed by atoms with Crippen molar-refractivity contribution in [3.63, 3.8) is 0 Å². The molecule has 3 N–H and O–H groups in total. The minimum atomic E-state index is 0.169. The number of hydrogen-bond acceptors (Lipinski definition) is 9. The smallest absolute Gasteiger partial charge is 0.246 e. The molecule has 1 fully saturated rings. The number of aliphatic hydroxyl groups excluding tert-OH is 1. The van der Waals surface area contributed by atoms with E-state index in [2.05, 4.69) is 35.4 Å². The predicted octanol–water partition coefficient (Wildman–Crippen LogP) is 3.56. The van der Waals surface area contributed by atoms with Gasteiger partial charge in [-0.05, 0) is 49.7 Å². The summed E-state index contributed by atoms with van der Waals surface area (Å²) in [4.78, 5) is 15.1. The van der Waals surface area contributed by atoms with Gasteiger partial charge in [-0.25, -0.2) is 9.97 Å². The highest BCUT2D eigenvalue weighted by atomic mass is 35.5. The third-order valence-electron chi connectivity index (χ3n) is 5.95. The van der Waals surface area contributed by atoms with E-state index in [1.165, 1.54) is 6.33 Å². The van der Waals surface area contributed by atoms with E-state index in [-0.39, 0.29) is 12.6 Å². The van der Waals surface area contributed by atoms with Crippen molar-refractivity contribution < 1.29 is 14.6 Å². The summed E-state index contributed by atoms with van der Waals surface area (Å²) in [7, 11) is 0. The van der Waals surface area contributed by atoms with E-state index >= 15 is 0 Å². The first-order valence-corrected chi connectivity index (χ1v) is 11.8. The van der Waals surface area contributed by atoms with Gasteiger partial charge in [0, 0.05) is 24.5 Å². The number of ether oxygens (including phenoxy) is 2. The van der Waals surface area contributed by atoms with Crippen LogP contribution in [0, 0.1) is 0 Å². The zero-order chi connectivity index (χ0) is 24.0. The second-order valence-corrected chi connectivity index (χ2v) is 8.62. The van der Waals surface area contributed by atoms with Crippen molar-refractivity contribution >= 4 is 34.1 Å². The number of hydrogen-bond donors (Lipinski definition) is 3. The molecule has 5 rings (SSSR count). The lowest BCUT2D eigenvalue weighted by atomic mass is 10.2. The van der Waals surface area contributed by atoms with E-state index in [0.29, 0.717) is 53.3 Å². The van der Waals surface area contributed by atoms with Gasteiger partial charge in [-0.1, -0.05) is 17.7 Å². The molecule has 182 valence electrons. The summed E-state index contributed by atoms with van der Waals surface area (Å²) in [5.41, 5.74) is 2.11. The molecule has 4 aromatic rings. The van der Waals surface area contributed by atoms with Crippen LogP contribution in [0.2, 0.25) is 5.02 Å². The summed E-state index contributed by atoms with van der Waals surface area (Å²) >= 11 is 6.46. The van der Waals surface area contributed by atoms with Crippen molar-refractivity contribution in [1.82, 2.24) is 30.0 Å². The second kappa shape index (κ2) is 10.9. The summed E-state index contributed by atoms with van der Waals surface area (Å²) < 4.78 is 11.8. The van der Waals surface area contributed by atoms with Gasteiger partial charge in [-0.3, -0.25) is 15.0 Å². The molecule has 0 bridgehead atoms. The van der Waals surface area contributed by atoms with Crippen LogP contribution < -0.4 is 14.8 Å². The van der Waals surface area contributed by atoms with Crippen LogP contribution in [0.15, 0.2) is 48.9 Å². The van der Waals surface area contributed by atoms with Crippen LogP contribution in [0.25, 0.3) is 11.0 Å². The fourth-order valence-corrected chi connectivity index (χ4v) is 4.39. The Hall–Kier alpha value is -3.47. The van der Waals surface area contributed by atoms with E-state index in [1.54, 1.807) is 18.3 Å². The van der Waals surface area contributed by atoms with Crippen LogP contribution in [0.5, 0.6) is 11.6 Å². The maximum Gasteiger partial charge on any atom is 0.246 e. The van der Waals surface area contributed by atoms with Gasteiger partial charge in [0.2, 0.25) is 5.88 Å². The molecule has 10 nitrogen and oxygen atoms in total. The van der Waals surface area contributed by atoms with Crippen LogP contribution in [-0.2, 0) is 6.61 Å². The van der Waals surface area contributed by atoms with E-state index in [0.717, 1.165) is 30.8 Å². The van der Waals surface area contributed by atoms with Crippen LogP contribution in [0.1, 0.15) is 18.5 Å². The monoisotopic (exact) mass is 495 g/mol. The van der Waals surface area contributed by atoms with Crippen molar-refractivity contribution in [1.29, 1.82) is 0 Å². The second-order valence-electron chi connectivity index (χ2n) is 8.22. The fraction of sp³-hybridized carbons (Fsp3) is 0.333. The molecule has 0 aliphatic carbocycles. The van der Waals surface area contributed by atoms with E-state index < -0.39 is 0 Å². The first-order valence-electron chi connectivity index (χ1n) is 11.5. The molecule has 3 aromatic heterocycles. The average molecular weight is 496 g/mol. The van der Waals surface area contributed by atoms with E-state index in [9.17, 15) is 5.11 Å². The fourth-order valence-electron chi connectivity index (χ4n) is 4.16. The van der Waals surface area contributed by atoms with Gasteiger partial charge in [0.05, 0.1) is 17.3 Å². The number of aromatic nitrogens is 5. The van der Waals surface area contributed by atoms with Crippen LogP contribution in [0.3, 0.4) is 0 Å². The van der Waals surface area contributed by atoms with Gasteiger partial charge in [0.1, 0.15) is 36.5 Å². The molecule has 1 aliphatic rings. The average Bonchev–Trinajstić information content (AvgIpc) is 3.52. The predicted molar refractivity (Wildman–Crippen MR) is 132 cm³/mol. The van der Waals surface area contributed by atoms with E-state index in [1.807, 2.05) is 24.3 Å². The third-order valence-corrected chi connectivity index (χ3v) is 6.24. The molecule has 1 aliphatic heterocycles. The van der Waals surface area contributed by atoms with Crippen molar-refractivity contribution in [3.8, 4) is 11.6 Å². The van der Waals surface area contributed by atoms with Gasteiger partial charge in [0.15, 0.2) is 5.65 Å². The van der Waals surface area contributed by atoms with Gasteiger partial charge < -0.3 is 19.9 Å². The van der Waals surface area contributed by atoms with Gasteiger partial charge in [0.25, 0.3) is 0 Å². The molecular weight excluding hydrogens is 470 g/mol. The highest BCUT2D eigenvalue weighted by Gasteiger charge is 2.23. The lowest BCUT2D eigenvalue weighted by Gasteiger charge is -2.22. The topological polar surface area (TPSA) is 121 Å². The molecule has 0 amide bonds. The molecular formula is C24H26ClN7O3. The maximum atomic E-state index is 9.51. The van der Waals surface area contributed by atoms with Crippen molar-refractivity contribution in [3.05, 3.63) is 59.6 Å². The molecule has 1 atom stereocenters. The highest BCUT2D eigenvalue weighted by Crippen LogP contribution is 2.33. The Morgan fingerprint density at radius 2 is 2.11 bits per heavy atom. The lowest BCUT2D eigenvalue weighted by Crippen LogP contribution is -2.35. The van der Waals surface area contributed by atoms with Crippen LogP contribution >= 0.6 is 11.6 Å². The minimum Gasteiger partial charge on any atom is -0.486 e. The molecule has 35 heavy (non-hydrogen) atoms. The molecule has 4 heterocycles. The Kier molecular flexibility index (Phi) is 7.22. The van der Waals surface area contributed by atoms with Crippen LogP contribution in [-0.4, -0.2) is 67.5 Å². The number of anilines is 2. The summed E-state index contributed by atoms with van der Waals surface area (Å²) in [5.74, 6) is 1.53. The van der Waals surface area contributed by atoms with Crippen molar-refractivity contribution in [2.45, 2.75) is 25.5 Å². The number of fused-ring (bicyclic) bond motifs is 1. The van der Waals surface area contributed by atoms with Crippen molar-refractivity contribution in [2.24, 2.45) is 0 Å². The molecule has 11 heteroatoms. The zero-order valence-electron chi connectivity index (χ0n) is 19.0. The molecule has 0 spiro atoms. The third kappa shape index (κ3) is 5.45. The number of rotatable bonds is 10. The Balaban J connectivity index is 1.26. The summed E-state index contributed by atoms with van der Waals surface area (Å²) in [6.07, 6.45) is 5.28. The van der Waals surface area contributed by atoms with Gasteiger partial charge >= 0.3 is 0 Å². The van der Waals surface area contributed by atoms with E-state index in [4.69, 9.17) is 21.1 Å². The Bertz CT molecular complexity index is 1270. The first kappa shape index (κ1) is 23.3. The number of nitrogens with one attached hydrogen (secondary N) is 2. The molecule has 0 saturated carbocycles. The number of aromatic amines is 1. The van der Waals surface area contributed by atoms with Crippen molar-refractivity contribution in [2.75, 3.05) is 31.6 Å². The lowest BCUT2D eigenvalue weighted by molar-refractivity contribution is 0.138. The molecule has 1 aromatic carbocycles. The normalized spacial score (nSPS) is 16.0. The largest absolute Gasteiger partial charge is 0.486 e. The summed E-state index contributed by atoms with van der Waals surface area (Å²) in [5, 5.41) is 21.1. The Morgan fingerprint density at radius 3 is 2.94 bits per heavy atom. The molecule has 0 radical (unpaired) electrons. The first-order chi connectivity index (χ1) is 17.2. The van der Waals surface area contributed by atoms with Gasteiger partial charge in [-0.15, -0.1) is 5.10 Å². The van der Waals surface area contributed by atoms with Gasteiger partial charge in [-0.2, -0.15) is 0 Å². The summed E-state index contributed by atoms with van der Waals surface area (Å²) in [6.45, 7) is 2.62. The summed E-state index contributed by atoms with van der Waals surface area (Å²) in [6, 6.07) is 11.3. The number of halogens is 1. The highest BCUT2D eigenvalue weighted by molar-refractivity contribution is 6.32. The number of benzene rings is 1. The number of nitrogens with zero attached hydrogens (tertiary/aromatic N) is 5. The standard InChI is InChI=1S/C24H26ClN7O3/c25-19-12-16(6-7-20(19)35-14-17-4-1-2-8-26-17)29-22-21-23(28-15-27-22)30-31-24(21)34-11-10-32-9-3-5-18(32)13-33/h1-2,4,6-8,12,15,18,33H,3,5,9-11,13-14H2,(H2,27,28,29,30,31)/t18-/m1/s1. The van der Waals surface area contributed by atoms with Crippen LogP contribution in [0.4, 0.5) is 11.5 Å². The number of likely N-dealkylation sites (tertiary alicyclic amines) is 1. The number of H-pyrrole nitrogens is 1.